The number of aromatic nitrogens is 2. The molecule has 0 amide bonds. The fraction of sp³-hybridized carbons (Fsp3) is 0.357. The van der Waals surface area contributed by atoms with Crippen LogP contribution in [0.25, 0.3) is 21.5 Å². The van der Waals surface area contributed by atoms with Gasteiger partial charge in [0.1, 0.15) is 16.8 Å². The number of benzene rings is 2. The number of piperidine rings is 1. The number of carboxylic acids is 1. The van der Waals surface area contributed by atoms with E-state index in [1.54, 1.807) is 18.2 Å². The highest BCUT2D eigenvalue weighted by Crippen LogP contribution is 2.55. The fourth-order valence-corrected chi connectivity index (χ4v) is 7.49. The van der Waals surface area contributed by atoms with Gasteiger partial charge in [-0.2, -0.15) is 0 Å². The second-order valence-corrected chi connectivity index (χ2v) is 12.6. The van der Waals surface area contributed by atoms with Gasteiger partial charge < -0.3 is 24.0 Å². The average Bonchev–Trinajstić information content (AvgIpc) is 3.26. The summed E-state index contributed by atoms with van der Waals surface area (Å²) in [6, 6.07) is 6.08. The van der Waals surface area contributed by atoms with Crippen LogP contribution in [0.1, 0.15) is 64.5 Å². The predicted octanol–water partition coefficient (Wildman–Crippen LogP) is 7.91. The Morgan fingerprint density at radius 2 is 1.93 bits per heavy atom. The van der Waals surface area contributed by atoms with Crippen LogP contribution in [0.3, 0.4) is 0 Å². The fourth-order valence-electron chi connectivity index (χ4n) is 6.20. The van der Waals surface area contributed by atoms with Crippen molar-refractivity contribution >= 4 is 62.4 Å². The maximum atomic E-state index is 14.1. The van der Waals surface area contributed by atoms with Gasteiger partial charge in [-0.05, 0) is 43.4 Å². The Morgan fingerprint density at radius 1 is 1.19 bits per heavy atom. The number of alkyl halides is 3. The van der Waals surface area contributed by atoms with Crippen molar-refractivity contribution in [2.75, 3.05) is 11.4 Å². The molecular formula is C28H20Cl2F3N3O6S. The summed E-state index contributed by atoms with van der Waals surface area (Å²) in [5, 5.41) is 14.7. The zero-order chi connectivity index (χ0) is 30.3. The molecular weight excluding hydrogens is 634 g/mol. The van der Waals surface area contributed by atoms with Crippen LogP contribution in [0.15, 0.2) is 34.3 Å². The molecule has 3 aliphatic rings. The number of esters is 1. The van der Waals surface area contributed by atoms with Crippen molar-refractivity contribution in [1.29, 1.82) is 0 Å². The highest BCUT2D eigenvalue weighted by atomic mass is 35.5. The molecule has 2 aromatic carbocycles. The van der Waals surface area contributed by atoms with E-state index in [1.165, 1.54) is 16.5 Å². The lowest BCUT2D eigenvalue weighted by Gasteiger charge is -2.40. The molecule has 0 unspecified atom stereocenters. The summed E-state index contributed by atoms with van der Waals surface area (Å²) >= 11 is 13.9. The van der Waals surface area contributed by atoms with E-state index in [-0.39, 0.29) is 74.0 Å². The van der Waals surface area contributed by atoms with Crippen LogP contribution in [0.5, 0.6) is 5.75 Å². The molecule has 9 nitrogen and oxygen atoms in total. The van der Waals surface area contributed by atoms with Gasteiger partial charge in [0.05, 0.1) is 31.5 Å². The van der Waals surface area contributed by atoms with Crippen molar-refractivity contribution in [1.82, 2.24) is 10.1 Å². The molecule has 7 rings (SSSR count). The van der Waals surface area contributed by atoms with Gasteiger partial charge in [-0.1, -0.05) is 34.4 Å². The Labute approximate surface area is 255 Å². The Balaban J connectivity index is 1.35. The van der Waals surface area contributed by atoms with Crippen molar-refractivity contribution in [2.45, 2.75) is 50.1 Å². The quantitative estimate of drug-likeness (QED) is 0.199. The second kappa shape index (κ2) is 10.00. The summed E-state index contributed by atoms with van der Waals surface area (Å²) in [6.45, 7) is 0.139. The number of thiazole rings is 1. The van der Waals surface area contributed by atoms with Crippen LogP contribution in [-0.4, -0.2) is 45.8 Å². The van der Waals surface area contributed by atoms with E-state index in [9.17, 15) is 27.9 Å². The van der Waals surface area contributed by atoms with Crippen LogP contribution >= 0.6 is 34.5 Å². The summed E-state index contributed by atoms with van der Waals surface area (Å²) in [5.74, 6) is -2.89. The van der Waals surface area contributed by atoms with E-state index < -0.39 is 35.3 Å². The topological polar surface area (TPSA) is 115 Å². The molecule has 2 atom stereocenters. The van der Waals surface area contributed by atoms with Crippen LogP contribution in [-0.2, 0) is 4.74 Å². The Morgan fingerprint density at radius 3 is 2.58 bits per heavy atom. The van der Waals surface area contributed by atoms with Crippen LogP contribution in [0.4, 0.5) is 18.9 Å². The van der Waals surface area contributed by atoms with E-state index in [0.29, 0.717) is 12.2 Å². The second-order valence-electron chi connectivity index (χ2n) is 10.9. The first-order valence-electron chi connectivity index (χ1n) is 13.3. The SMILES string of the molecule is O=C(O)c1cc2scnc2c(OC(F)(F)F)c1N1C[C@H]2CC[C@]1(OC(=O)c1c(-c3c(Cl)cccc3Cl)noc1C1CC1)C2. The monoisotopic (exact) mass is 653 g/mol. The molecule has 4 aromatic rings. The normalized spacial score (nSPS) is 21.5. The first-order chi connectivity index (χ1) is 20.5. The first-order valence-corrected chi connectivity index (χ1v) is 14.9. The summed E-state index contributed by atoms with van der Waals surface area (Å²) in [4.78, 5) is 32.0. The van der Waals surface area contributed by atoms with E-state index in [4.69, 9.17) is 32.5 Å². The maximum Gasteiger partial charge on any atom is 0.573 e. The number of rotatable bonds is 7. The standard InChI is InChI=1S/C28H20Cl2F3N3O6S/c29-15-2-1-3-16(30)18(15)21-19(23(42-35-21)13-4-5-13)26(39)41-27-7-6-12(9-27)10-36(27)22-14(25(37)38)8-17-20(34-11-43-17)24(22)40-28(31,32)33/h1-3,8,11-13H,4-7,9-10H2,(H,37,38)/t12-,27-/m0/s1. The van der Waals surface area contributed by atoms with Gasteiger partial charge in [0.15, 0.2) is 17.2 Å². The minimum Gasteiger partial charge on any atom is -0.478 e. The molecule has 2 bridgehead atoms. The van der Waals surface area contributed by atoms with Crippen molar-refractivity contribution in [3.05, 3.63) is 56.7 Å². The molecule has 3 heterocycles. The molecule has 2 aliphatic carbocycles. The van der Waals surface area contributed by atoms with Gasteiger partial charge in [0.2, 0.25) is 0 Å². The van der Waals surface area contributed by atoms with Crippen LogP contribution in [0.2, 0.25) is 10.0 Å². The number of nitrogens with zero attached hydrogens (tertiary/aromatic N) is 3. The molecule has 2 saturated carbocycles. The molecule has 224 valence electrons. The van der Waals surface area contributed by atoms with Gasteiger partial charge in [-0.15, -0.1) is 24.5 Å². The number of halogens is 5. The average molecular weight is 654 g/mol. The van der Waals surface area contributed by atoms with Crippen LogP contribution in [0, 0.1) is 5.92 Å². The van der Waals surface area contributed by atoms with Gasteiger partial charge in [0.25, 0.3) is 0 Å². The highest BCUT2D eigenvalue weighted by Gasteiger charge is 2.56. The molecule has 15 heteroatoms. The number of anilines is 1. The molecule has 1 saturated heterocycles. The number of carboxylic acid groups (broad SMARTS) is 1. The van der Waals surface area contributed by atoms with E-state index in [0.717, 1.165) is 24.2 Å². The van der Waals surface area contributed by atoms with Crippen molar-refractivity contribution < 1.29 is 41.9 Å². The molecule has 3 fully saturated rings. The summed E-state index contributed by atoms with van der Waals surface area (Å²) < 4.78 is 57.6. The third-order valence-corrected chi connectivity index (χ3v) is 9.52. The zero-order valence-corrected chi connectivity index (χ0v) is 24.2. The Bertz CT molecular complexity index is 1790. The molecule has 1 N–H and O–H groups in total. The smallest absolute Gasteiger partial charge is 0.478 e. The predicted molar refractivity (Wildman–Crippen MR) is 150 cm³/mol. The van der Waals surface area contributed by atoms with Crippen LogP contribution < -0.4 is 9.64 Å². The number of aromatic carboxylic acids is 1. The largest absolute Gasteiger partial charge is 0.573 e. The van der Waals surface area contributed by atoms with Gasteiger partial charge >= 0.3 is 18.3 Å². The summed E-state index contributed by atoms with van der Waals surface area (Å²) in [6.07, 6.45) is -2.49. The van der Waals surface area contributed by atoms with Gasteiger partial charge in [-0.25, -0.2) is 14.6 Å². The highest BCUT2D eigenvalue weighted by molar-refractivity contribution is 7.16. The minimum atomic E-state index is -5.14. The number of ether oxygens (including phenoxy) is 2. The van der Waals surface area contributed by atoms with Crippen molar-refractivity contribution in [3.63, 3.8) is 0 Å². The lowest BCUT2D eigenvalue weighted by Crippen LogP contribution is -2.49. The number of carbonyl (C=O) groups is 2. The van der Waals surface area contributed by atoms with E-state index in [1.807, 2.05) is 0 Å². The zero-order valence-electron chi connectivity index (χ0n) is 21.9. The molecule has 43 heavy (non-hydrogen) atoms. The summed E-state index contributed by atoms with van der Waals surface area (Å²) in [7, 11) is 0. The molecule has 0 spiro atoms. The molecule has 2 aromatic heterocycles. The number of carbonyl (C=O) groups excluding carboxylic acids is 1. The Kier molecular flexibility index (Phi) is 6.56. The lowest BCUT2D eigenvalue weighted by atomic mass is 10.0. The first kappa shape index (κ1) is 28.2. The maximum absolute atomic E-state index is 14.1. The third-order valence-electron chi connectivity index (χ3n) is 8.11. The number of hydrogen-bond acceptors (Lipinski definition) is 9. The number of hydrogen-bond donors (Lipinski definition) is 1. The van der Waals surface area contributed by atoms with Crippen molar-refractivity contribution in [3.8, 4) is 17.0 Å². The van der Waals surface area contributed by atoms with E-state index >= 15 is 0 Å². The van der Waals surface area contributed by atoms with E-state index in [2.05, 4.69) is 14.9 Å². The van der Waals surface area contributed by atoms with Crippen molar-refractivity contribution in [2.24, 2.45) is 5.92 Å². The third kappa shape index (κ3) is 4.77. The molecule has 0 radical (unpaired) electrons. The van der Waals surface area contributed by atoms with Gasteiger partial charge in [0, 0.05) is 30.9 Å². The number of fused-ring (bicyclic) bond motifs is 3. The summed E-state index contributed by atoms with van der Waals surface area (Å²) in [5.41, 5.74) is -0.678. The lowest BCUT2D eigenvalue weighted by molar-refractivity contribution is -0.274. The minimum absolute atomic E-state index is 0.0300. The molecule has 1 aliphatic heterocycles. The Hall–Kier alpha value is -3.55. The van der Waals surface area contributed by atoms with Gasteiger partial charge in [-0.3, -0.25) is 0 Å².